The minimum absolute atomic E-state index is 0.0400. The van der Waals surface area contributed by atoms with E-state index in [1.807, 2.05) is 13.8 Å². The number of likely N-dealkylation sites (tertiary alicyclic amines) is 2. The molecule has 0 aliphatic carbocycles. The van der Waals surface area contributed by atoms with Gasteiger partial charge in [0, 0.05) is 32.5 Å². The number of carbonyl (C=O) groups is 3. The molecule has 2 fully saturated rings. The summed E-state index contributed by atoms with van der Waals surface area (Å²) < 4.78 is 5.68. The first-order chi connectivity index (χ1) is 12.2. The van der Waals surface area contributed by atoms with Crippen LogP contribution in [0.2, 0.25) is 0 Å². The lowest BCUT2D eigenvalue weighted by Crippen LogP contribution is -2.57. The van der Waals surface area contributed by atoms with Crippen molar-refractivity contribution in [1.82, 2.24) is 9.80 Å². The first kappa shape index (κ1) is 18.5. The van der Waals surface area contributed by atoms with Crippen molar-refractivity contribution < 1.29 is 23.9 Å². The van der Waals surface area contributed by atoms with Crippen molar-refractivity contribution in [2.45, 2.75) is 51.5 Å². The number of aryl methyl sites for hydroxylation is 1. The van der Waals surface area contributed by atoms with Crippen molar-refractivity contribution in [3.8, 4) is 0 Å². The molecule has 2 aliphatic rings. The number of piperidine rings is 1. The van der Waals surface area contributed by atoms with Gasteiger partial charge in [0.25, 0.3) is 5.91 Å². The van der Waals surface area contributed by atoms with Crippen molar-refractivity contribution in [3.05, 3.63) is 23.2 Å². The predicted octanol–water partition coefficient (Wildman–Crippen LogP) is 2.25. The van der Waals surface area contributed by atoms with Crippen LogP contribution in [0.1, 0.15) is 60.9 Å². The Kier molecular flexibility index (Phi) is 4.58. The van der Waals surface area contributed by atoms with Gasteiger partial charge in [-0.05, 0) is 25.8 Å². The zero-order valence-corrected chi connectivity index (χ0v) is 15.7. The number of rotatable bonds is 3. The number of carbonyl (C=O) groups excluding carboxylic acids is 2. The number of aliphatic carboxylic acids is 1. The second-order valence-electron chi connectivity index (χ2n) is 7.72. The SMILES string of the molecule is Cc1oc(C(C)C)cc1C(=O)N1CCC2(CC1)[C@@H](C(=O)O)CC(=O)N2C. The fourth-order valence-corrected chi connectivity index (χ4v) is 4.25. The van der Waals surface area contributed by atoms with Crippen LogP contribution >= 0.6 is 0 Å². The summed E-state index contributed by atoms with van der Waals surface area (Å²) in [4.78, 5) is 39.9. The molecule has 3 heterocycles. The number of amides is 2. The number of hydrogen-bond donors (Lipinski definition) is 1. The minimum Gasteiger partial charge on any atom is -0.481 e. The van der Waals surface area contributed by atoms with Crippen molar-refractivity contribution >= 4 is 17.8 Å². The molecule has 1 atom stereocenters. The first-order valence-electron chi connectivity index (χ1n) is 9.06. The summed E-state index contributed by atoms with van der Waals surface area (Å²) in [5, 5.41) is 9.54. The van der Waals surface area contributed by atoms with E-state index in [1.54, 1.807) is 29.8 Å². The van der Waals surface area contributed by atoms with Gasteiger partial charge in [-0.1, -0.05) is 13.8 Å². The molecule has 7 nitrogen and oxygen atoms in total. The average Bonchev–Trinajstić information content (AvgIpc) is 3.09. The number of nitrogens with zero attached hydrogens (tertiary/aromatic N) is 2. The lowest BCUT2D eigenvalue weighted by molar-refractivity contribution is -0.145. The summed E-state index contributed by atoms with van der Waals surface area (Å²) in [6.07, 6.45) is 0.996. The van der Waals surface area contributed by atoms with Gasteiger partial charge in [0.05, 0.1) is 17.0 Å². The largest absolute Gasteiger partial charge is 0.481 e. The molecule has 1 aromatic rings. The van der Waals surface area contributed by atoms with Crippen LogP contribution in [0, 0.1) is 12.8 Å². The zero-order valence-electron chi connectivity index (χ0n) is 15.7. The third kappa shape index (κ3) is 2.79. The second kappa shape index (κ2) is 6.45. The van der Waals surface area contributed by atoms with E-state index in [4.69, 9.17) is 4.42 Å². The minimum atomic E-state index is -0.935. The Morgan fingerprint density at radius 2 is 1.92 bits per heavy atom. The van der Waals surface area contributed by atoms with Crippen LogP contribution in [0.5, 0.6) is 0 Å². The van der Waals surface area contributed by atoms with Crippen LogP contribution in [0.25, 0.3) is 0 Å². The fraction of sp³-hybridized carbons (Fsp3) is 0.632. The topological polar surface area (TPSA) is 91.1 Å². The molecule has 0 saturated carbocycles. The molecule has 1 spiro atoms. The smallest absolute Gasteiger partial charge is 0.309 e. The quantitative estimate of drug-likeness (QED) is 0.890. The maximum atomic E-state index is 12.9. The molecule has 1 N–H and O–H groups in total. The zero-order chi connectivity index (χ0) is 19.2. The van der Waals surface area contributed by atoms with E-state index in [1.165, 1.54) is 0 Å². The lowest BCUT2D eigenvalue weighted by Gasteiger charge is -2.45. The van der Waals surface area contributed by atoms with Gasteiger partial charge in [0.1, 0.15) is 11.5 Å². The summed E-state index contributed by atoms with van der Waals surface area (Å²) in [7, 11) is 1.68. The normalized spacial score (nSPS) is 22.5. The molecule has 142 valence electrons. The molecule has 0 radical (unpaired) electrons. The van der Waals surface area contributed by atoms with E-state index in [0.717, 1.165) is 5.76 Å². The number of carboxylic acids is 1. The van der Waals surface area contributed by atoms with Gasteiger partial charge in [0.2, 0.25) is 5.91 Å². The molecule has 0 bridgehead atoms. The molecule has 0 aromatic carbocycles. The van der Waals surface area contributed by atoms with Gasteiger partial charge in [0.15, 0.2) is 0 Å². The van der Waals surface area contributed by atoms with Crippen LogP contribution in [0.4, 0.5) is 0 Å². The maximum absolute atomic E-state index is 12.9. The Hall–Kier alpha value is -2.31. The number of hydrogen-bond acceptors (Lipinski definition) is 4. The van der Waals surface area contributed by atoms with Crippen molar-refractivity contribution in [1.29, 1.82) is 0 Å². The Bertz CT molecular complexity index is 743. The lowest BCUT2D eigenvalue weighted by atomic mass is 9.77. The van der Waals surface area contributed by atoms with Crippen LogP contribution in [-0.2, 0) is 9.59 Å². The molecule has 2 aliphatic heterocycles. The van der Waals surface area contributed by atoms with E-state index < -0.39 is 17.4 Å². The third-order valence-electron chi connectivity index (χ3n) is 6.02. The Labute approximate surface area is 152 Å². The third-order valence-corrected chi connectivity index (χ3v) is 6.02. The van der Waals surface area contributed by atoms with Gasteiger partial charge < -0.3 is 19.3 Å². The fourth-order valence-electron chi connectivity index (χ4n) is 4.25. The summed E-state index contributed by atoms with van der Waals surface area (Å²) >= 11 is 0. The van der Waals surface area contributed by atoms with E-state index in [2.05, 4.69) is 0 Å². The highest BCUT2D eigenvalue weighted by Gasteiger charge is 2.55. The summed E-state index contributed by atoms with van der Waals surface area (Å²) in [6.45, 7) is 6.67. The molecule has 26 heavy (non-hydrogen) atoms. The molecule has 1 aromatic heterocycles. The number of carboxylic acid groups (broad SMARTS) is 1. The van der Waals surface area contributed by atoms with E-state index >= 15 is 0 Å². The van der Waals surface area contributed by atoms with Crippen LogP contribution in [-0.4, -0.2) is 58.4 Å². The van der Waals surface area contributed by atoms with Gasteiger partial charge >= 0.3 is 5.97 Å². The summed E-state index contributed by atoms with van der Waals surface area (Å²) in [5.41, 5.74) is -0.121. The van der Waals surface area contributed by atoms with Gasteiger partial charge in [-0.25, -0.2) is 0 Å². The molecular formula is C19H26N2O5. The highest BCUT2D eigenvalue weighted by molar-refractivity contribution is 5.95. The monoisotopic (exact) mass is 362 g/mol. The molecule has 3 rings (SSSR count). The molecular weight excluding hydrogens is 336 g/mol. The van der Waals surface area contributed by atoms with Crippen LogP contribution in [0.3, 0.4) is 0 Å². The molecule has 7 heteroatoms. The highest BCUT2D eigenvalue weighted by Crippen LogP contribution is 2.43. The van der Waals surface area contributed by atoms with Gasteiger partial charge in [-0.2, -0.15) is 0 Å². The Morgan fingerprint density at radius 3 is 2.42 bits per heavy atom. The molecule has 2 amide bonds. The van der Waals surface area contributed by atoms with Gasteiger partial charge in [-0.3, -0.25) is 14.4 Å². The van der Waals surface area contributed by atoms with E-state index in [0.29, 0.717) is 37.3 Å². The predicted molar refractivity (Wildman–Crippen MR) is 93.9 cm³/mol. The van der Waals surface area contributed by atoms with Crippen molar-refractivity contribution in [3.63, 3.8) is 0 Å². The first-order valence-corrected chi connectivity index (χ1v) is 9.06. The molecule has 2 saturated heterocycles. The van der Waals surface area contributed by atoms with Crippen LogP contribution < -0.4 is 0 Å². The summed E-state index contributed by atoms with van der Waals surface area (Å²) in [6, 6.07) is 1.80. The van der Waals surface area contributed by atoms with Gasteiger partial charge in [-0.15, -0.1) is 0 Å². The van der Waals surface area contributed by atoms with Crippen LogP contribution in [0.15, 0.2) is 10.5 Å². The standard InChI is InChI=1S/C19H26N2O5/c1-11(2)15-9-13(12(3)26-15)17(23)21-7-5-19(6-8-21)14(18(24)25)10-16(22)20(19)4/h9,11,14H,5-8,10H2,1-4H3,(H,24,25)/t14-/m1/s1. The second-order valence-corrected chi connectivity index (χ2v) is 7.72. The Morgan fingerprint density at radius 1 is 1.31 bits per heavy atom. The number of furan rings is 1. The van der Waals surface area contributed by atoms with E-state index in [9.17, 15) is 19.5 Å². The van der Waals surface area contributed by atoms with Crippen molar-refractivity contribution in [2.75, 3.05) is 20.1 Å². The Balaban J connectivity index is 1.77. The molecule has 0 unspecified atom stereocenters. The maximum Gasteiger partial charge on any atom is 0.309 e. The summed E-state index contributed by atoms with van der Waals surface area (Å²) in [5.74, 6) is -0.275. The van der Waals surface area contributed by atoms with E-state index in [-0.39, 0.29) is 24.2 Å². The van der Waals surface area contributed by atoms with Crippen molar-refractivity contribution in [2.24, 2.45) is 5.92 Å². The highest BCUT2D eigenvalue weighted by atomic mass is 16.4. The average molecular weight is 362 g/mol.